The van der Waals surface area contributed by atoms with E-state index in [1.165, 1.54) is 4.90 Å². The number of aliphatic hydroxyl groups is 1. The summed E-state index contributed by atoms with van der Waals surface area (Å²) in [4.78, 5) is 65.4. The van der Waals surface area contributed by atoms with E-state index in [2.05, 4.69) is 16.0 Å². The molecule has 1 aliphatic heterocycles. The second-order valence-corrected chi connectivity index (χ2v) is 11.5. The Balaban J connectivity index is 1.76. The number of amides is 5. The number of carbonyl (C=O) groups excluding carboxylic acids is 5. The monoisotopic (exact) mass is 595 g/mol. The van der Waals surface area contributed by atoms with Gasteiger partial charge in [-0.2, -0.15) is 0 Å². The number of nitrogens with two attached hydrogens (primary N) is 1. The predicted molar refractivity (Wildman–Crippen MR) is 158 cm³/mol. The van der Waals surface area contributed by atoms with E-state index in [9.17, 15) is 29.1 Å². The van der Waals surface area contributed by atoms with Crippen LogP contribution in [0.2, 0.25) is 0 Å². The van der Waals surface area contributed by atoms with Gasteiger partial charge in [-0.3, -0.25) is 14.4 Å². The molecule has 2 unspecified atom stereocenters. The molecule has 0 aliphatic carbocycles. The number of aliphatic hydroxyl groups excluding tert-OH is 1. The van der Waals surface area contributed by atoms with Crippen LogP contribution in [0.25, 0.3) is 0 Å². The van der Waals surface area contributed by atoms with Crippen LogP contribution in [0.15, 0.2) is 60.7 Å². The van der Waals surface area contributed by atoms with Crippen LogP contribution in [0.4, 0.5) is 4.79 Å². The van der Waals surface area contributed by atoms with Crippen molar-refractivity contribution in [3.63, 3.8) is 0 Å². The van der Waals surface area contributed by atoms with Gasteiger partial charge in [0.2, 0.25) is 11.8 Å². The molecule has 0 bridgehead atoms. The van der Waals surface area contributed by atoms with Crippen LogP contribution in [-0.2, 0) is 36.9 Å². The van der Waals surface area contributed by atoms with Gasteiger partial charge >= 0.3 is 12.0 Å². The number of urea groups is 1. The molecule has 232 valence electrons. The summed E-state index contributed by atoms with van der Waals surface area (Å²) in [5.41, 5.74) is 6.14. The molecule has 1 saturated heterocycles. The van der Waals surface area contributed by atoms with E-state index < -0.39 is 66.0 Å². The molecule has 12 heteroatoms. The van der Waals surface area contributed by atoms with Crippen LogP contribution in [0.3, 0.4) is 0 Å². The van der Waals surface area contributed by atoms with Gasteiger partial charge in [-0.05, 0) is 51.2 Å². The Labute approximate surface area is 251 Å². The number of nitrogens with one attached hydrogen (secondary N) is 3. The summed E-state index contributed by atoms with van der Waals surface area (Å²) in [7, 11) is 0. The van der Waals surface area contributed by atoms with E-state index in [1.807, 2.05) is 30.3 Å². The molecule has 1 heterocycles. The zero-order valence-electron chi connectivity index (χ0n) is 24.7. The largest absolute Gasteiger partial charge is 0.458 e. The van der Waals surface area contributed by atoms with Crippen LogP contribution < -0.4 is 21.7 Å². The third kappa shape index (κ3) is 10.4. The average Bonchev–Trinajstić information content (AvgIpc) is 3.45. The molecule has 12 nitrogen and oxygen atoms in total. The first kappa shape index (κ1) is 33.1. The van der Waals surface area contributed by atoms with Gasteiger partial charge in [0.25, 0.3) is 5.91 Å². The molecule has 0 spiro atoms. The zero-order chi connectivity index (χ0) is 31.6. The Hall–Kier alpha value is -4.45. The lowest BCUT2D eigenvalue weighted by atomic mass is 9.99. The molecule has 6 N–H and O–H groups in total. The molecule has 0 radical (unpaired) electrons. The topological polar surface area (TPSA) is 180 Å². The Bertz CT molecular complexity index is 1270. The number of carbonyl (C=O) groups is 5. The number of esters is 1. The van der Waals surface area contributed by atoms with Crippen molar-refractivity contribution in [1.29, 1.82) is 0 Å². The SMILES string of the molecule is CC(C)(C)OC(=O)[C@@H]1CCCN1C(=O)C(O)C(Cc1ccccc1)NC(=O)[C@H](CC(N)=O)NC(=O)NCc1ccccc1. The number of hydrogen-bond donors (Lipinski definition) is 5. The van der Waals surface area contributed by atoms with Gasteiger partial charge in [0.1, 0.15) is 17.7 Å². The molecule has 2 aromatic rings. The molecule has 0 aromatic heterocycles. The molecule has 1 fully saturated rings. The average molecular weight is 596 g/mol. The number of hydrogen-bond acceptors (Lipinski definition) is 7. The van der Waals surface area contributed by atoms with Gasteiger partial charge < -0.3 is 36.4 Å². The number of benzene rings is 2. The third-order valence-electron chi connectivity index (χ3n) is 6.80. The first-order chi connectivity index (χ1) is 20.3. The Kier molecular flexibility index (Phi) is 11.6. The molecule has 3 rings (SSSR count). The summed E-state index contributed by atoms with van der Waals surface area (Å²) < 4.78 is 5.48. The van der Waals surface area contributed by atoms with Crippen molar-refractivity contribution in [3.05, 3.63) is 71.8 Å². The van der Waals surface area contributed by atoms with Crippen molar-refractivity contribution in [1.82, 2.24) is 20.9 Å². The Morgan fingerprint density at radius 2 is 1.58 bits per heavy atom. The number of nitrogens with zero attached hydrogens (tertiary/aromatic N) is 1. The van der Waals surface area contributed by atoms with Crippen molar-refractivity contribution < 1.29 is 33.8 Å². The normalized spacial score (nSPS) is 16.8. The summed E-state index contributed by atoms with van der Waals surface area (Å²) in [5, 5.41) is 19.0. The van der Waals surface area contributed by atoms with Crippen molar-refractivity contribution in [3.8, 4) is 0 Å². The van der Waals surface area contributed by atoms with E-state index in [0.29, 0.717) is 18.4 Å². The highest BCUT2D eigenvalue weighted by Crippen LogP contribution is 2.23. The van der Waals surface area contributed by atoms with Gasteiger partial charge in [-0.15, -0.1) is 0 Å². The van der Waals surface area contributed by atoms with Crippen molar-refractivity contribution in [2.24, 2.45) is 5.73 Å². The standard InChI is InChI=1S/C31H41N5O7/c1-31(2,3)43-29(41)24-15-10-16-36(24)28(40)26(38)22(17-20-11-6-4-7-12-20)34-27(39)23(18-25(32)37)35-30(42)33-19-21-13-8-5-9-14-21/h4-9,11-14,22-24,26,38H,10,15-19H2,1-3H3,(H2,32,37)(H,34,39)(H2,33,35,42)/t22?,23-,24-,26?/m0/s1. The van der Waals surface area contributed by atoms with Crippen LogP contribution in [-0.4, -0.2) is 76.1 Å². The summed E-state index contributed by atoms with van der Waals surface area (Å²) in [6.07, 6.45) is -1.28. The van der Waals surface area contributed by atoms with Gasteiger partial charge in [0.15, 0.2) is 6.10 Å². The molecule has 0 saturated carbocycles. The fourth-order valence-corrected chi connectivity index (χ4v) is 4.78. The first-order valence-corrected chi connectivity index (χ1v) is 14.3. The minimum Gasteiger partial charge on any atom is -0.458 e. The lowest BCUT2D eigenvalue weighted by Gasteiger charge is -2.32. The highest BCUT2D eigenvalue weighted by molar-refractivity contribution is 5.92. The molecule has 1 aliphatic rings. The second-order valence-electron chi connectivity index (χ2n) is 11.5. The van der Waals surface area contributed by atoms with Crippen molar-refractivity contribution >= 4 is 29.7 Å². The second kappa shape index (κ2) is 15.1. The number of likely N-dealkylation sites (tertiary alicyclic amines) is 1. The fraction of sp³-hybridized carbons (Fsp3) is 0.452. The minimum atomic E-state index is -1.74. The fourth-order valence-electron chi connectivity index (χ4n) is 4.78. The number of primary amides is 1. The highest BCUT2D eigenvalue weighted by atomic mass is 16.6. The lowest BCUT2D eigenvalue weighted by molar-refractivity contribution is -0.165. The maximum absolute atomic E-state index is 13.5. The van der Waals surface area contributed by atoms with E-state index in [0.717, 1.165) is 5.56 Å². The molecule has 2 aromatic carbocycles. The maximum atomic E-state index is 13.5. The van der Waals surface area contributed by atoms with Crippen LogP contribution in [0.1, 0.15) is 51.2 Å². The minimum absolute atomic E-state index is 0.0495. The van der Waals surface area contributed by atoms with Crippen molar-refractivity contribution in [2.75, 3.05) is 6.54 Å². The smallest absolute Gasteiger partial charge is 0.329 e. The van der Waals surface area contributed by atoms with E-state index in [4.69, 9.17) is 10.5 Å². The van der Waals surface area contributed by atoms with Gasteiger partial charge in [0, 0.05) is 13.1 Å². The molecule has 5 amide bonds. The van der Waals surface area contributed by atoms with E-state index in [-0.39, 0.29) is 19.5 Å². The highest BCUT2D eigenvalue weighted by Gasteiger charge is 2.41. The summed E-state index contributed by atoms with van der Waals surface area (Å²) >= 11 is 0. The predicted octanol–water partition coefficient (Wildman–Crippen LogP) is 1.15. The van der Waals surface area contributed by atoms with Gasteiger partial charge in [-0.25, -0.2) is 9.59 Å². The van der Waals surface area contributed by atoms with E-state index >= 15 is 0 Å². The number of rotatable bonds is 12. The summed E-state index contributed by atoms with van der Waals surface area (Å²) in [6.45, 7) is 5.59. The van der Waals surface area contributed by atoms with Crippen molar-refractivity contribution in [2.45, 2.75) is 82.8 Å². The quantitative estimate of drug-likeness (QED) is 0.228. The van der Waals surface area contributed by atoms with Gasteiger partial charge in [0.05, 0.1) is 12.5 Å². The maximum Gasteiger partial charge on any atom is 0.329 e. The van der Waals surface area contributed by atoms with Crippen LogP contribution in [0, 0.1) is 0 Å². The first-order valence-electron chi connectivity index (χ1n) is 14.3. The van der Waals surface area contributed by atoms with Gasteiger partial charge in [-0.1, -0.05) is 60.7 Å². The lowest BCUT2D eigenvalue weighted by Crippen LogP contribution is -2.59. The number of ether oxygens (including phenoxy) is 1. The molecule has 4 atom stereocenters. The van der Waals surface area contributed by atoms with E-state index in [1.54, 1.807) is 51.1 Å². The summed E-state index contributed by atoms with van der Waals surface area (Å²) in [6, 6.07) is 13.9. The Morgan fingerprint density at radius 1 is 0.977 bits per heavy atom. The molecule has 43 heavy (non-hydrogen) atoms. The van der Waals surface area contributed by atoms with Crippen LogP contribution in [0.5, 0.6) is 0 Å². The zero-order valence-corrected chi connectivity index (χ0v) is 24.7. The molecular formula is C31H41N5O7. The summed E-state index contributed by atoms with van der Waals surface area (Å²) in [5.74, 6) is -2.96. The third-order valence-corrected chi connectivity index (χ3v) is 6.80. The molecular weight excluding hydrogens is 554 g/mol. The Morgan fingerprint density at radius 3 is 2.16 bits per heavy atom. The van der Waals surface area contributed by atoms with Crippen LogP contribution >= 0.6 is 0 Å².